The zero-order valence-corrected chi connectivity index (χ0v) is 24.3. The molecular weight excluding hydrogens is 530 g/mol. The molecule has 10 heteroatoms. The summed E-state index contributed by atoms with van der Waals surface area (Å²) in [5.41, 5.74) is 4.58. The van der Waals surface area contributed by atoms with Crippen LogP contribution in [0, 0.1) is 13.8 Å². The van der Waals surface area contributed by atoms with Crippen molar-refractivity contribution >= 4 is 15.7 Å². The first-order chi connectivity index (χ1) is 19.1. The summed E-state index contributed by atoms with van der Waals surface area (Å²) in [6.07, 6.45) is 3.47. The fourth-order valence-corrected chi connectivity index (χ4v) is 7.39. The SMILES string of the molecule is CCCCCOc1ccc(C2c3c(-c4cc(C)c(C)cc4O)n[nH]c3C(=O)N2C2CCS(=O)(=O)C2)cc1OCC. The quantitative estimate of drug-likeness (QED) is 0.327. The van der Waals surface area contributed by atoms with Crippen LogP contribution in [-0.4, -0.2) is 65.3 Å². The largest absolute Gasteiger partial charge is 0.507 e. The minimum absolute atomic E-state index is 0.0416. The maximum absolute atomic E-state index is 13.9. The molecule has 2 atom stereocenters. The van der Waals surface area contributed by atoms with Crippen molar-refractivity contribution in [3.8, 4) is 28.5 Å². The lowest BCUT2D eigenvalue weighted by atomic mass is 9.93. The number of ether oxygens (including phenoxy) is 2. The van der Waals surface area contributed by atoms with Crippen LogP contribution in [0.4, 0.5) is 0 Å². The Hall–Kier alpha value is -3.53. The Bertz CT molecular complexity index is 1530. The minimum atomic E-state index is -3.25. The third-order valence-electron chi connectivity index (χ3n) is 7.86. The molecule has 9 nitrogen and oxygen atoms in total. The van der Waals surface area contributed by atoms with Crippen molar-refractivity contribution < 1.29 is 27.8 Å². The molecule has 0 radical (unpaired) electrons. The summed E-state index contributed by atoms with van der Waals surface area (Å²) < 4.78 is 36.9. The third-order valence-corrected chi connectivity index (χ3v) is 9.61. The van der Waals surface area contributed by atoms with Crippen LogP contribution in [0.1, 0.15) is 78.3 Å². The van der Waals surface area contributed by atoms with Crippen LogP contribution in [-0.2, 0) is 9.84 Å². The maximum atomic E-state index is 13.9. The molecule has 1 fully saturated rings. The first-order valence-electron chi connectivity index (χ1n) is 14.0. The number of benzene rings is 2. The number of sulfone groups is 1. The van der Waals surface area contributed by atoms with Gasteiger partial charge in [0.15, 0.2) is 21.3 Å². The minimum Gasteiger partial charge on any atom is -0.507 e. The molecule has 214 valence electrons. The number of rotatable bonds is 10. The number of hydrogen-bond acceptors (Lipinski definition) is 7. The number of hydrogen-bond donors (Lipinski definition) is 2. The van der Waals surface area contributed by atoms with E-state index in [1.54, 1.807) is 11.0 Å². The average molecular weight is 568 g/mol. The summed E-state index contributed by atoms with van der Waals surface area (Å²) in [6.45, 7) is 8.92. The second kappa shape index (κ2) is 11.2. The molecule has 0 saturated carbocycles. The second-order valence-corrected chi connectivity index (χ2v) is 12.9. The average Bonchev–Trinajstić information content (AvgIpc) is 3.58. The van der Waals surface area contributed by atoms with Crippen LogP contribution in [0.2, 0.25) is 0 Å². The number of unbranched alkanes of at least 4 members (excludes halogenated alkanes) is 2. The number of aromatic amines is 1. The van der Waals surface area contributed by atoms with Gasteiger partial charge >= 0.3 is 0 Å². The van der Waals surface area contributed by atoms with E-state index in [2.05, 4.69) is 17.1 Å². The summed E-state index contributed by atoms with van der Waals surface area (Å²) in [7, 11) is -3.25. The fourth-order valence-electron chi connectivity index (χ4n) is 5.68. The van der Waals surface area contributed by atoms with Gasteiger partial charge in [-0.1, -0.05) is 25.8 Å². The van der Waals surface area contributed by atoms with Gasteiger partial charge in [-0.2, -0.15) is 5.10 Å². The van der Waals surface area contributed by atoms with E-state index in [1.807, 2.05) is 45.0 Å². The number of amides is 1. The standard InChI is InChI=1S/C30H37N3O6S/c1-5-7-8-12-39-24-10-9-20(16-25(24)38-6-2)29-26-27(22-14-18(3)19(4)15-23(22)34)31-32-28(26)30(35)33(29)21-11-13-40(36,37)17-21/h9-10,14-16,21,29,34H,5-8,11-13,17H2,1-4H3,(H,31,32). The normalized spacial score (nSPS) is 19.7. The zero-order chi connectivity index (χ0) is 28.6. The van der Waals surface area contributed by atoms with Crippen LogP contribution < -0.4 is 9.47 Å². The highest BCUT2D eigenvalue weighted by molar-refractivity contribution is 7.91. The number of nitrogens with one attached hydrogen (secondary N) is 1. The van der Waals surface area contributed by atoms with E-state index in [4.69, 9.17) is 9.47 Å². The molecule has 2 N–H and O–H groups in total. The second-order valence-electron chi connectivity index (χ2n) is 10.7. The van der Waals surface area contributed by atoms with Crippen molar-refractivity contribution in [2.45, 2.75) is 65.5 Å². The van der Waals surface area contributed by atoms with Crippen molar-refractivity contribution in [3.05, 3.63) is 58.3 Å². The van der Waals surface area contributed by atoms with Gasteiger partial charge in [0.1, 0.15) is 17.1 Å². The molecule has 1 amide bonds. The summed E-state index contributed by atoms with van der Waals surface area (Å²) >= 11 is 0. The van der Waals surface area contributed by atoms with Gasteiger partial charge in [-0.15, -0.1) is 0 Å². The van der Waals surface area contributed by atoms with E-state index in [-0.39, 0.29) is 23.2 Å². The molecule has 5 rings (SSSR count). The number of nitrogens with zero attached hydrogens (tertiary/aromatic N) is 2. The Kier molecular flexibility index (Phi) is 7.81. The van der Waals surface area contributed by atoms with Crippen molar-refractivity contribution in [2.24, 2.45) is 0 Å². The van der Waals surface area contributed by atoms with Gasteiger partial charge in [-0.05, 0) is 74.6 Å². The van der Waals surface area contributed by atoms with Crippen molar-refractivity contribution in [2.75, 3.05) is 24.7 Å². The Labute approximate surface area is 235 Å². The predicted octanol–water partition coefficient (Wildman–Crippen LogP) is 5.10. The van der Waals surface area contributed by atoms with E-state index < -0.39 is 21.9 Å². The number of carbonyl (C=O) groups excluding carboxylic acids is 1. The molecule has 1 saturated heterocycles. The molecular formula is C30H37N3O6S. The number of H-pyrrole nitrogens is 1. The molecule has 3 aromatic rings. The van der Waals surface area contributed by atoms with E-state index >= 15 is 0 Å². The molecule has 3 heterocycles. The van der Waals surface area contributed by atoms with Gasteiger partial charge in [-0.3, -0.25) is 9.89 Å². The number of phenolic OH excluding ortho intramolecular Hbond substituents is 1. The maximum Gasteiger partial charge on any atom is 0.273 e. The molecule has 2 unspecified atom stereocenters. The van der Waals surface area contributed by atoms with Crippen LogP contribution in [0.3, 0.4) is 0 Å². The van der Waals surface area contributed by atoms with Crippen molar-refractivity contribution in [1.29, 1.82) is 0 Å². The van der Waals surface area contributed by atoms with Gasteiger partial charge in [-0.25, -0.2) is 8.42 Å². The highest BCUT2D eigenvalue weighted by atomic mass is 32.2. The molecule has 0 bridgehead atoms. The van der Waals surface area contributed by atoms with E-state index in [0.717, 1.165) is 36.0 Å². The Morgan fingerprint density at radius 3 is 2.55 bits per heavy atom. The lowest BCUT2D eigenvalue weighted by molar-refractivity contribution is 0.0677. The first-order valence-corrected chi connectivity index (χ1v) is 15.8. The zero-order valence-electron chi connectivity index (χ0n) is 23.5. The third kappa shape index (κ3) is 5.16. The van der Waals surface area contributed by atoms with Crippen LogP contribution in [0.5, 0.6) is 17.2 Å². The Balaban J connectivity index is 1.63. The van der Waals surface area contributed by atoms with Crippen molar-refractivity contribution in [1.82, 2.24) is 15.1 Å². The fraction of sp³-hybridized carbons (Fsp3) is 0.467. The van der Waals surface area contributed by atoms with Gasteiger partial charge in [0.2, 0.25) is 0 Å². The van der Waals surface area contributed by atoms with Gasteiger partial charge < -0.3 is 19.5 Å². The van der Waals surface area contributed by atoms with Gasteiger partial charge in [0.25, 0.3) is 5.91 Å². The summed E-state index contributed by atoms with van der Waals surface area (Å²) in [4.78, 5) is 15.5. The summed E-state index contributed by atoms with van der Waals surface area (Å²) in [6, 6.07) is 8.08. The number of aryl methyl sites for hydroxylation is 2. The summed E-state index contributed by atoms with van der Waals surface area (Å²) in [5, 5.41) is 18.3. The number of carbonyl (C=O) groups is 1. The first kappa shape index (κ1) is 28.0. The van der Waals surface area contributed by atoms with E-state index in [0.29, 0.717) is 53.6 Å². The lowest BCUT2D eigenvalue weighted by Crippen LogP contribution is -2.40. The smallest absolute Gasteiger partial charge is 0.273 e. The number of aromatic nitrogens is 2. The molecule has 0 aliphatic carbocycles. The number of aromatic hydroxyl groups is 1. The molecule has 2 aliphatic heterocycles. The molecule has 2 aromatic carbocycles. The van der Waals surface area contributed by atoms with Crippen LogP contribution >= 0.6 is 0 Å². The monoisotopic (exact) mass is 567 g/mol. The molecule has 2 aliphatic rings. The van der Waals surface area contributed by atoms with Gasteiger partial charge in [0.05, 0.1) is 30.8 Å². The Morgan fingerprint density at radius 2 is 1.85 bits per heavy atom. The molecule has 0 spiro atoms. The Morgan fingerprint density at radius 1 is 1.07 bits per heavy atom. The van der Waals surface area contributed by atoms with Crippen LogP contribution in [0.25, 0.3) is 11.3 Å². The number of phenols is 1. The molecule has 1 aromatic heterocycles. The number of fused-ring (bicyclic) bond motifs is 1. The lowest BCUT2D eigenvalue weighted by Gasteiger charge is -2.31. The van der Waals surface area contributed by atoms with E-state index in [1.165, 1.54) is 0 Å². The summed E-state index contributed by atoms with van der Waals surface area (Å²) in [5.74, 6) is 0.905. The predicted molar refractivity (Wildman–Crippen MR) is 153 cm³/mol. The molecule has 40 heavy (non-hydrogen) atoms. The van der Waals surface area contributed by atoms with Crippen molar-refractivity contribution in [3.63, 3.8) is 0 Å². The van der Waals surface area contributed by atoms with Gasteiger partial charge in [0, 0.05) is 17.2 Å². The van der Waals surface area contributed by atoms with Crippen LogP contribution in [0.15, 0.2) is 30.3 Å². The highest BCUT2D eigenvalue weighted by Gasteiger charge is 2.48. The van der Waals surface area contributed by atoms with E-state index in [9.17, 15) is 18.3 Å². The highest BCUT2D eigenvalue weighted by Crippen LogP contribution is 2.48. The topological polar surface area (TPSA) is 122 Å².